The topological polar surface area (TPSA) is 17.1 Å². The molecule has 0 aliphatic heterocycles. The standard InChI is InChI=1S/C8H8O/c9-8-4-2-1-3-6-5-7(6)8/h1-4,6-7H,5H2/t6-,7-/m0/s1. The van der Waals surface area contributed by atoms with Crippen molar-refractivity contribution in [3.8, 4) is 0 Å². The SMILES string of the molecule is O=C1C=CC=C[C@H]2C[C@H]12. The molecule has 9 heavy (non-hydrogen) atoms. The highest BCUT2D eigenvalue weighted by atomic mass is 16.1. The molecule has 0 bridgehead atoms. The third-order valence-electron chi connectivity index (χ3n) is 1.94. The van der Waals surface area contributed by atoms with E-state index in [-0.39, 0.29) is 0 Å². The first-order valence-electron chi connectivity index (χ1n) is 3.26. The molecule has 2 aliphatic carbocycles. The summed E-state index contributed by atoms with van der Waals surface area (Å²) in [5.41, 5.74) is 0. The molecular weight excluding hydrogens is 112 g/mol. The average Bonchev–Trinajstić information content (AvgIpc) is 2.55. The van der Waals surface area contributed by atoms with Crippen LogP contribution in [0.2, 0.25) is 0 Å². The quantitative estimate of drug-likeness (QED) is 0.471. The van der Waals surface area contributed by atoms with E-state index in [0.717, 1.165) is 6.42 Å². The summed E-state index contributed by atoms with van der Waals surface area (Å²) in [6, 6.07) is 0. The van der Waals surface area contributed by atoms with Gasteiger partial charge in [-0.15, -0.1) is 0 Å². The lowest BCUT2D eigenvalue weighted by atomic mass is 10.2. The van der Waals surface area contributed by atoms with E-state index in [2.05, 4.69) is 6.08 Å². The molecule has 0 aromatic rings. The van der Waals surface area contributed by atoms with Gasteiger partial charge in [-0.05, 0) is 18.4 Å². The summed E-state index contributed by atoms with van der Waals surface area (Å²) >= 11 is 0. The predicted octanol–water partition coefficient (Wildman–Crippen LogP) is 1.32. The largest absolute Gasteiger partial charge is 0.295 e. The zero-order valence-electron chi connectivity index (χ0n) is 5.08. The van der Waals surface area contributed by atoms with Crippen LogP contribution >= 0.6 is 0 Å². The molecule has 0 unspecified atom stereocenters. The van der Waals surface area contributed by atoms with Crippen LogP contribution in [0.5, 0.6) is 0 Å². The van der Waals surface area contributed by atoms with Crippen LogP contribution in [0.1, 0.15) is 6.42 Å². The highest BCUT2D eigenvalue weighted by molar-refractivity contribution is 5.94. The van der Waals surface area contributed by atoms with E-state index in [1.165, 1.54) is 0 Å². The first kappa shape index (κ1) is 4.98. The van der Waals surface area contributed by atoms with Gasteiger partial charge < -0.3 is 0 Å². The van der Waals surface area contributed by atoms with Gasteiger partial charge in [0.05, 0.1) is 0 Å². The molecule has 0 aromatic heterocycles. The smallest absolute Gasteiger partial charge is 0.159 e. The van der Waals surface area contributed by atoms with Crippen molar-refractivity contribution < 1.29 is 4.79 Å². The Morgan fingerprint density at radius 1 is 1.44 bits per heavy atom. The van der Waals surface area contributed by atoms with Crippen LogP contribution in [0.25, 0.3) is 0 Å². The van der Waals surface area contributed by atoms with Gasteiger partial charge in [-0.2, -0.15) is 0 Å². The van der Waals surface area contributed by atoms with Gasteiger partial charge in [0.2, 0.25) is 0 Å². The van der Waals surface area contributed by atoms with E-state index >= 15 is 0 Å². The third-order valence-corrected chi connectivity index (χ3v) is 1.94. The molecule has 2 rings (SSSR count). The summed E-state index contributed by atoms with van der Waals surface area (Å²) < 4.78 is 0. The van der Waals surface area contributed by atoms with E-state index < -0.39 is 0 Å². The maximum atomic E-state index is 10.9. The summed E-state index contributed by atoms with van der Waals surface area (Å²) in [6.07, 6.45) is 8.67. The van der Waals surface area contributed by atoms with Crippen LogP contribution < -0.4 is 0 Å². The van der Waals surface area contributed by atoms with Crippen LogP contribution in [0.4, 0.5) is 0 Å². The summed E-state index contributed by atoms with van der Waals surface area (Å²) in [4.78, 5) is 10.9. The average molecular weight is 120 g/mol. The van der Waals surface area contributed by atoms with Crippen LogP contribution in [-0.4, -0.2) is 5.78 Å². The molecule has 0 radical (unpaired) electrons. The van der Waals surface area contributed by atoms with Crippen LogP contribution in [-0.2, 0) is 4.79 Å². The molecule has 1 heteroatoms. The Morgan fingerprint density at radius 3 is 3.22 bits per heavy atom. The Bertz CT molecular complexity index is 201. The fraction of sp³-hybridized carbons (Fsp3) is 0.375. The van der Waals surface area contributed by atoms with Crippen molar-refractivity contribution in [1.82, 2.24) is 0 Å². The Balaban J connectivity index is 2.26. The van der Waals surface area contributed by atoms with Crippen molar-refractivity contribution in [2.24, 2.45) is 11.8 Å². The molecule has 1 fully saturated rings. The minimum Gasteiger partial charge on any atom is -0.295 e. The van der Waals surface area contributed by atoms with Crippen molar-refractivity contribution in [2.75, 3.05) is 0 Å². The monoisotopic (exact) mass is 120 g/mol. The highest BCUT2D eigenvalue weighted by Gasteiger charge is 2.39. The normalized spacial score (nSPS) is 38.0. The summed E-state index contributed by atoms with van der Waals surface area (Å²) in [7, 11) is 0. The fourth-order valence-corrected chi connectivity index (χ4v) is 1.24. The number of carbonyl (C=O) groups excluding carboxylic acids is 1. The summed E-state index contributed by atoms with van der Waals surface area (Å²) in [6.45, 7) is 0. The molecule has 1 nitrogen and oxygen atoms in total. The van der Waals surface area contributed by atoms with Gasteiger partial charge in [0.1, 0.15) is 0 Å². The lowest BCUT2D eigenvalue weighted by molar-refractivity contribution is -0.115. The fourth-order valence-electron chi connectivity index (χ4n) is 1.24. The molecule has 2 atom stereocenters. The van der Waals surface area contributed by atoms with E-state index in [1.807, 2.05) is 12.2 Å². The second kappa shape index (κ2) is 1.56. The number of allylic oxidation sites excluding steroid dienone is 4. The Labute approximate surface area is 54.1 Å². The summed E-state index contributed by atoms with van der Waals surface area (Å²) in [5.74, 6) is 1.23. The maximum absolute atomic E-state index is 10.9. The second-order valence-corrected chi connectivity index (χ2v) is 2.65. The first-order chi connectivity index (χ1) is 4.38. The molecule has 0 spiro atoms. The zero-order valence-corrected chi connectivity index (χ0v) is 5.08. The zero-order chi connectivity index (χ0) is 6.27. The van der Waals surface area contributed by atoms with Crippen molar-refractivity contribution >= 4 is 5.78 Å². The molecule has 0 heterocycles. The Morgan fingerprint density at radius 2 is 2.33 bits per heavy atom. The molecule has 0 saturated heterocycles. The van der Waals surface area contributed by atoms with Gasteiger partial charge in [-0.3, -0.25) is 4.79 Å². The molecular formula is C8H8O. The molecule has 1 saturated carbocycles. The Kier molecular flexibility index (Phi) is 0.865. The molecule has 0 aromatic carbocycles. The van der Waals surface area contributed by atoms with E-state index in [4.69, 9.17) is 0 Å². The van der Waals surface area contributed by atoms with Gasteiger partial charge in [0.15, 0.2) is 5.78 Å². The minimum absolute atomic E-state index is 0.310. The van der Waals surface area contributed by atoms with Gasteiger partial charge in [-0.25, -0.2) is 0 Å². The number of carbonyl (C=O) groups is 1. The predicted molar refractivity (Wildman–Crippen MR) is 34.9 cm³/mol. The minimum atomic E-state index is 0.310. The maximum Gasteiger partial charge on any atom is 0.159 e. The van der Waals surface area contributed by atoms with Gasteiger partial charge in [0.25, 0.3) is 0 Å². The molecule has 0 N–H and O–H groups in total. The van der Waals surface area contributed by atoms with Gasteiger partial charge >= 0.3 is 0 Å². The van der Waals surface area contributed by atoms with E-state index in [9.17, 15) is 4.79 Å². The summed E-state index contributed by atoms with van der Waals surface area (Å²) in [5, 5.41) is 0. The van der Waals surface area contributed by atoms with Crippen LogP contribution in [0.15, 0.2) is 24.3 Å². The van der Waals surface area contributed by atoms with Gasteiger partial charge in [0, 0.05) is 5.92 Å². The molecule has 0 amide bonds. The lowest BCUT2D eigenvalue weighted by Crippen LogP contribution is -1.94. The first-order valence-corrected chi connectivity index (χ1v) is 3.26. The number of hydrogen-bond acceptors (Lipinski definition) is 1. The number of fused-ring (bicyclic) bond motifs is 1. The Hall–Kier alpha value is -0.850. The van der Waals surface area contributed by atoms with Crippen LogP contribution in [0, 0.1) is 11.8 Å². The highest BCUT2D eigenvalue weighted by Crippen LogP contribution is 2.41. The van der Waals surface area contributed by atoms with Crippen LogP contribution in [0.3, 0.4) is 0 Å². The number of rotatable bonds is 0. The molecule has 2 aliphatic rings. The number of ketones is 1. The van der Waals surface area contributed by atoms with E-state index in [1.54, 1.807) is 6.08 Å². The lowest BCUT2D eigenvalue weighted by Gasteiger charge is -1.82. The number of hydrogen-bond donors (Lipinski definition) is 0. The van der Waals surface area contributed by atoms with E-state index in [0.29, 0.717) is 17.6 Å². The van der Waals surface area contributed by atoms with Crippen molar-refractivity contribution in [3.63, 3.8) is 0 Å². The second-order valence-electron chi connectivity index (χ2n) is 2.65. The van der Waals surface area contributed by atoms with Gasteiger partial charge in [-0.1, -0.05) is 18.2 Å². The van der Waals surface area contributed by atoms with Crippen molar-refractivity contribution in [3.05, 3.63) is 24.3 Å². The van der Waals surface area contributed by atoms with Crippen molar-refractivity contribution in [2.45, 2.75) is 6.42 Å². The van der Waals surface area contributed by atoms with Crippen molar-refractivity contribution in [1.29, 1.82) is 0 Å². The third kappa shape index (κ3) is 0.727. The molecule has 46 valence electrons.